The maximum absolute atomic E-state index is 12.0. The van der Waals surface area contributed by atoms with Crippen LogP contribution in [0.2, 0.25) is 0 Å². The first-order valence-corrected chi connectivity index (χ1v) is 5.40. The van der Waals surface area contributed by atoms with Crippen LogP contribution in [-0.2, 0) is 0 Å². The molecule has 0 radical (unpaired) electrons. The topological polar surface area (TPSA) is 54.0 Å². The summed E-state index contributed by atoms with van der Waals surface area (Å²) in [5, 5.41) is 5.60. The Hall–Kier alpha value is -2.31. The zero-order chi connectivity index (χ0) is 13.9. The Morgan fingerprint density at radius 3 is 2.79 bits per heavy atom. The number of alkyl halides is 3. The molecule has 19 heavy (non-hydrogen) atoms. The first-order chi connectivity index (χ1) is 8.96. The zero-order valence-electron chi connectivity index (χ0n) is 9.66. The van der Waals surface area contributed by atoms with Gasteiger partial charge < -0.3 is 10.6 Å². The van der Waals surface area contributed by atoms with Crippen LogP contribution in [0, 0.1) is 0 Å². The van der Waals surface area contributed by atoms with Crippen LogP contribution in [0.1, 0.15) is 0 Å². The third kappa shape index (κ3) is 3.57. The average Bonchev–Trinajstić information content (AvgIpc) is 2.36. The Bertz CT molecular complexity index is 593. The smallest absolute Gasteiger partial charge is 0.329 e. The Kier molecular flexibility index (Phi) is 3.55. The van der Waals surface area contributed by atoms with Crippen LogP contribution in [0.4, 0.5) is 23.7 Å². The predicted octanol–water partition coefficient (Wildman–Crippen LogP) is 2.92. The molecule has 0 saturated heterocycles. The molecule has 0 unspecified atom stereocenters. The van der Waals surface area contributed by atoms with Crippen molar-refractivity contribution >= 4 is 22.5 Å². The predicted molar refractivity (Wildman–Crippen MR) is 64.8 cm³/mol. The summed E-state index contributed by atoms with van der Waals surface area (Å²) in [5.41, 5.74) is 0.408. The molecule has 2 rings (SSSR count). The van der Waals surface area contributed by atoms with E-state index in [2.05, 4.69) is 10.3 Å². The number of urea groups is 1. The molecule has 7 heteroatoms. The molecule has 2 N–H and O–H groups in total. The number of anilines is 1. The molecule has 0 saturated carbocycles. The molecular weight excluding hydrogens is 259 g/mol. The fraction of sp³-hybridized carbons (Fsp3) is 0.167. The van der Waals surface area contributed by atoms with E-state index in [1.807, 2.05) is 6.07 Å². The second kappa shape index (κ2) is 5.13. The van der Waals surface area contributed by atoms with E-state index in [-0.39, 0.29) is 0 Å². The third-order valence-electron chi connectivity index (χ3n) is 2.38. The van der Waals surface area contributed by atoms with E-state index in [9.17, 15) is 18.0 Å². The van der Waals surface area contributed by atoms with Crippen LogP contribution in [-0.4, -0.2) is 23.7 Å². The Morgan fingerprint density at radius 1 is 1.26 bits per heavy atom. The van der Waals surface area contributed by atoms with E-state index in [1.165, 1.54) is 6.20 Å². The molecule has 0 spiro atoms. The Balaban J connectivity index is 2.11. The van der Waals surface area contributed by atoms with Gasteiger partial charge >= 0.3 is 12.2 Å². The van der Waals surface area contributed by atoms with Crippen molar-refractivity contribution in [3.8, 4) is 0 Å². The highest BCUT2D eigenvalue weighted by Gasteiger charge is 2.27. The van der Waals surface area contributed by atoms with E-state index < -0.39 is 18.8 Å². The van der Waals surface area contributed by atoms with Crippen LogP contribution in [0.5, 0.6) is 0 Å². The van der Waals surface area contributed by atoms with Gasteiger partial charge in [-0.3, -0.25) is 4.98 Å². The molecule has 0 atom stereocenters. The first kappa shape index (κ1) is 13.1. The molecule has 2 amide bonds. The van der Waals surface area contributed by atoms with Gasteiger partial charge in [0.1, 0.15) is 6.54 Å². The number of benzene rings is 1. The summed E-state index contributed by atoms with van der Waals surface area (Å²) >= 11 is 0. The summed E-state index contributed by atoms with van der Waals surface area (Å²) in [5.74, 6) is 0. The van der Waals surface area contributed by atoms with Gasteiger partial charge in [-0.15, -0.1) is 0 Å². The van der Waals surface area contributed by atoms with Crippen molar-refractivity contribution in [1.29, 1.82) is 0 Å². The third-order valence-corrected chi connectivity index (χ3v) is 2.38. The summed E-state index contributed by atoms with van der Waals surface area (Å²) in [6, 6.07) is 5.94. The number of hydrogen-bond donors (Lipinski definition) is 2. The van der Waals surface area contributed by atoms with Crippen molar-refractivity contribution in [3.05, 3.63) is 36.7 Å². The van der Waals surface area contributed by atoms with Crippen molar-refractivity contribution in [1.82, 2.24) is 10.3 Å². The molecule has 1 heterocycles. The average molecular weight is 269 g/mol. The van der Waals surface area contributed by atoms with E-state index in [0.29, 0.717) is 11.1 Å². The van der Waals surface area contributed by atoms with Crippen LogP contribution in [0.3, 0.4) is 0 Å². The monoisotopic (exact) mass is 269 g/mol. The molecule has 2 aromatic rings. The number of amides is 2. The number of halogens is 3. The van der Waals surface area contributed by atoms with Gasteiger partial charge in [-0.25, -0.2) is 4.79 Å². The van der Waals surface area contributed by atoms with Crippen molar-refractivity contribution in [2.75, 3.05) is 11.9 Å². The number of nitrogens with zero attached hydrogens (tertiary/aromatic N) is 1. The second-order valence-corrected chi connectivity index (χ2v) is 3.83. The largest absolute Gasteiger partial charge is 0.405 e. The minimum absolute atomic E-state index is 0.408. The number of hydrogen-bond acceptors (Lipinski definition) is 2. The summed E-state index contributed by atoms with van der Waals surface area (Å²) in [7, 11) is 0. The van der Waals surface area contributed by atoms with Gasteiger partial charge in [0.2, 0.25) is 0 Å². The van der Waals surface area contributed by atoms with E-state index >= 15 is 0 Å². The molecule has 1 aromatic carbocycles. The first-order valence-electron chi connectivity index (χ1n) is 5.40. The summed E-state index contributed by atoms with van der Waals surface area (Å²) < 4.78 is 35.9. The second-order valence-electron chi connectivity index (χ2n) is 3.83. The summed E-state index contributed by atoms with van der Waals surface area (Å²) in [6.45, 7) is -1.37. The SMILES string of the molecule is O=C(NCC(F)(F)F)Nc1cccc2ccncc12. The van der Waals surface area contributed by atoms with E-state index in [4.69, 9.17) is 0 Å². The fourth-order valence-corrected chi connectivity index (χ4v) is 1.57. The fourth-order valence-electron chi connectivity index (χ4n) is 1.57. The Labute approximate surface area is 106 Å². The van der Waals surface area contributed by atoms with Crippen molar-refractivity contribution in [2.24, 2.45) is 0 Å². The maximum Gasteiger partial charge on any atom is 0.405 e. The molecule has 0 aliphatic rings. The van der Waals surface area contributed by atoms with E-state index in [0.717, 1.165) is 5.39 Å². The number of aromatic nitrogens is 1. The standard InChI is InChI=1S/C12H10F3N3O/c13-12(14,15)7-17-11(19)18-10-3-1-2-8-4-5-16-6-9(8)10/h1-6H,7H2,(H2,17,18,19). The minimum atomic E-state index is -4.43. The lowest BCUT2D eigenvalue weighted by atomic mass is 10.1. The van der Waals surface area contributed by atoms with Crippen LogP contribution >= 0.6 is 0 Å². The maximum atomic E-state index is 12.0. The summed E-state index contributed by atoms with van der Waals surface area (Å²) in [4.78, 5) is 15.3. The number of nitrogens with one attached hydrogen (secondary N) is 2. The van der Waals surface area contributed by atoms with Gasteiger partial charge in [0.05, 0.1) is 5.69 Å². The Morgan fingerprint density at radius 2 is 2.05 bits per heavy atom. The van der Waals surface area contributed by atoms with Crippen molar-refractivity contribution in [3.63, 3.8) is 0 Å². The molecule has 0 bridgehead atoms. The number of carbonyl (C=O) groups excluding carboxylic acids is 1. The van der Waals surface area contributed by atoms with Gasteiger partial charge in [-0.2, -0.15) is 13.2 Å². The van der Waals surface area contributed by atoms with Gasteiger partial charge in [0.15, 0.2) is 0 Å². The van der Waals surface area contributed by atoms with Gasteiger partial charge in [-0.05, 0) is 17.5 Å². The molecular formula is C12H10F3N3O. The molecule has 0 aliphatic carbocycles. The highest BCUT2D eigenvalue weighted by atomic mass is 19.4. The van der Waals surface area contributed by atoms with Gasteiger partial charge in [0.25, 0.3) is 0 Å². The van der Waals surface area contributed by atoms with Crippen LogP contribution < -0.4 is 10.6 Å². The molecule has 1 aromatic heterocycles. The number of rotatable bonds is 2. The van der Waals surface area contributed by atoms with Crippen molar-refractivity contribution in [2.45, 2.75) is 6.18 Å². The minimum Gasteiger partial charge on any atom is -0.329 e. The highest BCUT2D eigenvalue weighted by Crippen LogP contribution is 2.21. The molecule has 100 valence electrons. The van der Waals surface area contributed by atoms with E-state index in [1.54, 1.807) is 29.7 Å². The molecule has 0 fully saturated rings. The highest BCUT2D eigenvalue weighted by molar-refractivity contribution is 6.01. The quantitative estimate of drug-likeness (QED) is 0.880. The van der Waals surface area contributed by atoms with Crippen LogP contribution in [0.25, 0.3) is 10.8 Å². The lowest BCUT2D eigenvalue weighted by Gasteiger charge is -2.11. The normalized spacial score (nSPS) is 11.3. The molecule has 0 aliphatic heterocycles. The number of pyridine rings is 1. The van der Waals surface area contributed by atoms with Gasteiger partial charge in [-0.1, -0.05) is 12.1 Å². The van der Waals surface area contributed by atoms with Crippen molar-refractivity contribution < 1.29 is 18.0 Å². The lowest BCUT2D eigenvalue weighted by Crippen LogP contribution is -2.36. The lowest BCUT2D eigenvalue weighted by molar-refractivity contribution is -0.122. The number of carbonyl (C=O) groups is 1. The number of fused-ring (bicyclic) bond motifs is 1. The van der Waals surface area contributed by atoms with Crippen LogP contribution in [0.15, 0.2) is 36.7 Å². The molecule has 4 nitrogen and oxygen atoms in total. The van der Waals surface area contributed by atoms with Gasteiger partial charge in [0, 0.05) is 17.8 Å². The zero-order valence-corrected chi connectivity index (χ0v) is 9.66. The summed E-state index contributed by atoms with van der Waals surface area (Å²) in [6.07, 6.45) is -1.30.